The summed E-state index contributed by atoms with van der Waals surface area (Å²) in [4.78, 5) is 6.97. The highest BCUT2D eigenvalue weighted by molar-refractivity contribution is 5.45. The lowest BCUT2D eigenvalue weighted by molar-refractivity contribution is 0.404. The van der Waals surface area contributed by atoms with Crippen LogP contribution in [0.4, 0.5) is 5.69 Å². The zero-order valence-corrected chi connectivity index (χ0v) is 11.6. The second kappa shape index (κ2) is 6.19. The fraction of sp³-hybridized carbons (Fsp3) is 0.667. The van der Waals surface area contributed by atoms with E-state index >= 15 is 0 Å². The summed E-state index contributed by atoms with van der Waals surface area (Å²) < 4.78 is 0. The van der Waals surface area contributed by atoms with Gasteiger partial charge in [-0.2, -0.15) is 0 Å². The smallest absolute Gasteiger partial charge is 0.0572 e. The van der Waals surface area contributed by atoms with Crippen LogP contribution in [0, 0.1) is 5.92 Å². The second-order valence-corrected chi connectivity index (χ2v) is 5.32. The lowest BCUT2D eigenvalue weighted by Crippen LogP contribution is -2.35. The number of rotatable bonds is 4. The van der Waals surface area contributed by atoms with Gasteiger partial charge < -0.3 is 10.6 Å². The van der Waals surface area contributed by atoms with Crippen molar-refractivity contribution in [3.63, 3.8) is 0 Å². The molecule has 0 aliphatic carbocycles. The van der Waals surface area contributed by atoms with Gasteiger partial charge in [-0.15, -0.1) is 0 Å². The van der Waals surface area contributed by atoms with E-state index in [0.29, 0.717) is 0 Å². The Bertz CT molecular complexity index is 361. The van der Waals surface area contributed by atoms with Crippen LogP contribution in [0.25, 0.3) is 0 Å². The molecule has 3 heteroatoms. The molecule has 2 rings (SSSR count). The molecule has 0 saturated carbocycles. The van der Waals surface area contributed by atoms with Crippen LogP contribution in [-0.2, 0) is 0 Å². The van der Waals surface area contributed by atoms with E-state index in [1.807, 2.05) is 6.20 Å². The minimum absolute atomic E-state index is 0.0730. The standard InChI is InChI=1S/C15H25N3/c1-3-12-6-5-9-18(11-12)13-7-8-15(17-10-13)14(16)4-2/h7-8,10,12,14H,3-6,9,11,16H2,1-2H3. The maximum absolute atomic E-state index is 5.99. The van der Waals surface area contributed by atoms with Crippen LogP contribution in [0.15, 0.2) is 18.3 Å². The van der Waals surface area contributed by atoms with Gasteiger partial charge in [-0.3, -0.25) is 4.98 Å². The number of nitrogens with two attached hydrogens (primary N) is 1. The molecule has 2 atom stereocenters. The third kappa shape index (κ3) is 3.02. The highest BCUT2D eigenvalue weighted by Gasteiger charge is 2.19. The van der Waals surface area contributed by atoms with E-state index < -0.39 is 0 Å². The molecule has 18 heavy (non-hydrogen) atoms. The SMILES string of the molecule is CCC1CCCN(c2ccc(C(N)CC)nc2)C1. The summed E-state index contributed by atoms with van der Waals surface area (Å²) >= 11 is 0. The highest BCUT2D eigenvalue weighted by Crippen LogP contribution is 2.25. The van der Waals surface area contributed by atoms with Gasteiger partial charge in [0.25, 0.3) is 0 Å². The molecule has 2 unspecified atom stereocenters. The molecule has 2 heterocycles. The van der Waals surface area contributed by atoms with E-state index in [-0.39, 0.29) is 6.04 Å². The van der Waals surface area contributed by atoms with Crippen molar-refractivity contribution in [2.24, 2.45) is 11.7 Å². The first kappa shape index (κ1) is 13.3. The van der Waals surface area contributed by atoms with Gasteiger partial charge in [0.05, 0.1) is 17.6 Å². The molecule has 1 aliphatic rings. The van der Waals surface area contributed by atoms with Crippen molar-refractivity contribution in [1.29, 1.82) is 0 Å². The van der Waals surface area contributed by atoms with Crippen molar-refractivity contribution < 1.29 is 0 Å². The summed E-state index contributed by atoms with van der Waals surface area (Å²) in [6.07, 6.45) is 6.88. The van der Waals surface area contributed by atoms with E-state index in [9.17, 15) is 0 Å². The van der Waals surface area contributed by atoms with Crippen molar-refractivity contribution in [3.05, 3.63) is 24.0 Å². The molecule has 1 aliphatic heterocycles. The predicted molar refractivity (Wildman–Crippen MR) is 76.7 cm³/mol. The lowest BCUT2D eigenvalue weighted by atomic mass is 9.95. The summed E-state index contributed by atoms with van der Waals surface area (Å²) in [6.45, 7) is 6.72. The molecule has 1 saturated heterocycles. The Labute approximate surface area is 110 Å². The van der Waals surface area contributed by atoms with E-state index in [0.717, 1.165) is 24.6 Å². The van der Waals surface area contributed by atoms with E-state index in [4.69, 9.17) is 5.73 Å². The predicted octanol–water partition coefficient (Wildman–Crippen LogP) is 3.12. The van der Waals surface area contributed by atoms with Gasteiger partial charge in [0, 0.05) is 19.1 Å². The van der Waals surface area contributed by atoms with Crippen LogP contribution >= 0.6 is 0 Å². The minimum atomic E-state index is 0.0730. The molecule has 100 valence electrons. The molecule has 1 fully saturated rings. The molecule has 0 aromatic carbocycles. The van der Waals surface area contributed by atoms with Crippen molar-refractivity contribution in [2.75, 3.05) is 18.0 Å². The van der Waals surface area contributed by atoms with Crippen LogP contribution in [0.1, 0.15) is 51.3 Å². The van der Waals surface area contributed by atoms with Crippen molar-refractivity contribution in [2.45, 2.75) is 45.6 Å². The zero-order chi connectivity index (χ0) is 13.0. The molecule has 3 nitrogen and oxygen atoms in total. The van der Waals surface area contributed by atoms with Crippen LogP contribution in [0.5, 0.6) is 0 Å². The van der Waals surface area contributed by atoms with Crippen molar-refractivity contribution >= 4 is 5.69 Å². The molecule has 0 bridgehead atoms. The van der Waals surface area contributed by atoms with E-state index in [1.54, 1.807) is 0 Å². The molecule has 1 aromatic heterocycles. The normalized spacial score (nSPS) is 21.9. The molecule has 0 radical (unpaired) electrons. The fourth-order valence-electron chi connectivity index (χ4n) is 2.65. The number of hydrogen-bond donors (Lipinski definition) is 1. The minimum Gasteiger partial charge on any atom is -0.370 e. The average Bonchev–Trinajstić information content (AvgIpc) is 2.46. The molecular formula is C15H25N3. The van der Waals surface area contributed by atoms with E-state index in [2.05, 4.69) is 35.9 Å². The van der Waals surface area contributed by atoms with Crippen LogP contribution < -0.4 is 10.6 Å². The summed E-state index contributed by atoms with van der Waals surface area (Å²) in [6, 6.07) is 4.33. The number of nitrogens with zero attached hydrogens (tertiary/aromatic N) is 2. The zero-order valence-electron chi connectivity index (χ0n) is 11.6. The first-order chi connectivity index (χ1) is 8.74. The van der Waals surface area contributed by atoms with Gasteiger partial charge in [-0.1, -0.05) is 20.3 Å². The Balaban J connectivity index is 2.04. The monoisotopic (exact) mass is 247 g/mol. The summed E-state index contributed by atoms with van der Waals surface area (Å²) in [5, 5.41) is 0. The Hall–Kier alpha value is -1.09. The largest absolute Gasteiger partial charge is 0.370 e. The van der Waals surface area contributed by atoms with Gasteiger partial charge in [0.1, 0.15) is 0 Å². The molecule has 1 aromatic rings. The fourth-order valence-corrected chi connectivity index (χ4v) is 2.65. The second-order valence-electron chi connectivity index (χ2n) is 5.32. The molecule has 0 spiro atoms. The maximum Gasteiger partial charge on any atom is 0.0572 e. The van der Waals surface area contributed by atoms with Crippen LogP contribution in [0.2, 0.25) is 0 Å². The first-order valence-electron chi connectivity index (χ1n) is 7.21. The Morgan fingerprint density at radius 3 is 2.89 bits per heavy atom. The number of aromatic nitrogens is 1. The van der Waals surface area contributed by atoms with Crippen LogP contribution in [0.3, 0.4) is 0 Å². The summed E-state index contributed by atoms with van der Waals surface area (Å²) in [5.41, 5.74) is 8.25. The quantitative estimate of drug-likeness (QED) is 0.889. The average molecular weight is 247 g/mol. The highest BCUT2D eigenvalue weighted by atomic mass is 15.1. The lowest BCUT2D eigenvalue weighted by Gasteiger charge is -2.33. The first-order valence-corrected chi connectivity index (χ1v) is 7.21. The summed E-state index contributed by atoms with van der Waals surface area (Å²) in [7, 11) is 0. The van der Waals surface area contributed by atoms with Gasteiger partial charge in [0.2, 0.25) is 0 Å². The van der Waals surface area contributed by atoms with Gasteiger partial charge in [-0.25, -0.2) is 0 Å². The van der Waals surface area contributed by atoms with Gasteiger partial charge >= 0.3 is 0 Å². The summed E-state index contributed by atoms with van der Waals surface area (Å²) in [5.74, 6) is 0.844. The van der Waals surface area contributed by atoms with Gasteiger partial charge in [-0.05, 0) is 37.3 Å². The third-order valence-corrected chi connectivity index (χ3v) is 4.05. The van der Waals surface area contributed by atoms with Crippen molar-refractivity contribution in [3.8, 4) is 0 Å². The van der Waals surface area contributed by atoms with Gasteiger partial charge in [0.15, 0.2) is 0 Å². The maximum atomic E-state index is 5.99. The molecule has 0 amide bonds. The number of anilines is 1. The van der Waals surface area contributed by atoms with Crippen LogP contribution in [-0.4, -0.2) is 18.1 Å². The number of piperidine rings is 1. The number of pyridine rings is 1. The Morgan fingerprint density at radius 2 is 2.28 bits per heavy atom. The topological polar surface area (TPSA) is 42.1 Å². The molecular weight excluding hydrogens is 222 g/mol. The molecule has 2 N–H and O–H groups in total. The Morgan fingerprint density at radius 1 is 1.44 bits per heavy atom. The van der Waals surface area contributed by atoms with E-state index in [1.165, 1.54) is 31.5 Å². The Kier molecular flexibility index (Phi) is 4.59. The number of hydrogen-bond acceptors (Lipinski definition) is 3. The third-order valence-electron chi connectivity index (χ3n) is 4.05. The van der Waals surface area contributed by atoms with Crippen molar-refractivity contribution in [1.82, 2.24) is 4.98 Å².